The summed E-state index contributed by atoms with van der Waals surface area (Å²) in [6.07, 6.45) is 0.578. The van der Waals surface area contributed by atoms with Crippen LogP contribution in [-0.2, 0) is 11.2 Å². The average molecular weight is 357 g/mol. The van der Waals surface area contributed by atoms with E-state index in [-0.39, 0.29) is 12.5 Å². The maximum Gasteiger partial charge on any atom is 0.257 e. The molecule has 0 fully saturated rings. The number of para-hydroxylation sites is 1. The lowest BCUT2D eigenvalue weighted by atomic mass is 10.1. The number of halogens is 1. The molecule has 5 nitrogen and oxygen atoms in total. The van der Waals surface area contributed by atoms with E-state index in [0.717, 1.165) is 11.3 Å². The monoisotopic (exact) mass is 356 g/mol. The van der Waals surface area contributed by atoms with Crippen LogP contribution < -0.4 is 10.1 Å². The molecule has 3 rings (SSSR count). The summed E-state index contributed by atoms with van der Waals surface area (Å²) in [5.74, 6) is 1.16. The van der Waals surface area contributed by atoms with Gasteiger partial charge in [-0.3, -0.25) is 4.79 Å². The third-order valence-electron chi connectivity index (χ3n) is 3.50. The number of nitrogens with one attached hydrogen (secondary N) is 1. The highest BCUT2D eigenvalue weighted by atomic mass is 35.5. The number of hydrogen-bond donors (Lipinski definition) is 1. The first kappa shape index (κ1) is 17.0. The van der Waals surface area contributed by atoms with Crippen molar-refractivity contribution in [2.75, 3.05) is 13.2 Å². The molecule has 0 radical (unpaired) electrons. The van der Waals surface area contributed by atoms with E-state index in [0.29, 0.717) is 29.5 Å². The molecule has 0 saturated heterocycles. The van der Waals surface area contributed by atoms with Gasteiger partial charge in [-0.2, -0.15) is 0 Å². The van der Waals surface area contributed by atoms with Crippen LogP contribution in [0.4, 0.5) is 0 Å². The Hall–Kier alpha value is -2.79. The Morgan fingerprint density at radius 3 is 2.64 bits per heavy atom. The number of rotatable bonds is 7. The van der Waals surface area contributed by atoms with Crippen molar-refractivity contribution in [3.63, 3.8) is 0 Å². The first-order valence-corrected chi connectivity index (χ1v) is 8.24. The Bertz CT molecular complexity index is 816. The maximum absolute atomic E-state index is 11.8. The largest absolute Gasteiger partial charge is 0.484 e. The second-order valence-electron chi connectivity index (χ2n) is 5.39. The minimum absolute atomic E-state index is 0.0150. The summed E-state index contributed by atoms with van der Waals surface area (Å²) < 4.78 is 10.7. The second kappa shape index (κ2) is 8.35. The third kappa shape index (κ3) is 5.09. The summed E-state index contributed by atoms with van der Waals surface area (Å²) in [5.41, 5.74) is 1.68. The standard InChI is InChI=1S/C19H17ClN2O3/c20-15-8-6-14(7-9-15)18-12-16(22-25-18)10-11-21-19(23)13-24-17-4-2-1-3-5-17/h1-9,12H,10-11,13H2,(H,21,23). The van der Waals surface area contributed by atoms with Crippen molar-refractivity contribution >= 4 is 17.5 Å². The second-order valence-corrected chi connectivity index (χ2v) is 5.83. The van der Waals surface area contributed by atoms with Crippen molar-refractivity contribution in [2.45, 2.75) is 6.42 Å². The topological polar surface area (TPSA) is 64.4 Å². The summed E-state index contributed by atoms with van der Waals surface area (Å²) in [4.78, 5) is 11.8. The number of hydrogen-bond acceptors (Lipinski definition) is 4. The Kier molecular flexibility index (Phi) is 5.69. The van der Waals surface area contributed by atoms with Crippen LogP contribution in [0.15, 0.2) is 65.2 Å². The quantitative estimate of drug-likeness (QED) is 0.700. The highest BCUT2D eigenvalue weighted by molar-refractivity contribution is 6.30. The summed E-state index contributed by atoms with van der Waals surface area (Å²) in [6, 6.07) is 18.4. The Balaban J connectivity index is 1.43. The predicted octanol–water partition coefficient (Wildman–Crippen LogP) is 3.73. The molecule has 0 aliphatic heterocycles. The summed E-state index contributed by atoms with van der Waals surface area (Å²) in [7, 11) is 0. The molecular formula is C19H17ClN2O3. The molecule has 0 bridgehead atoms. The van der Waals surface area contributed by atoms with E-state index >= 15 is 0 Å². The van der Waals surface area contributed by atoms with Crippen molar-refractivity contribution in [1.82, 2.24) is 10.5 Å². The summed E-state index contributed by atoms with van der Waals surface area (Å²) >= 11 is 5.87. The molecule has 1 aromatic heterocycles. The smallest absolute Gasteiger partial charge is 0.257 e. The van der Waals surface area contributed by atoms with E-state index in [2.05, 4.69) is 10.5 Å². The van der Waals surface area contributed by atoms with Crippen LogP contribution in [0.25, 0.3) is 11.3 Å². The van der Waals surface area contributed by atoms with Gasteiger partial charge < -0.3 is 14.6 Å². The fraction of sp³-hybridized carbons (Fsp3) is 0.158. The number of carbonyl (C=O) groups is 1. The lowest BCUT2D eigenvalue weighted by Gasteiger charge is -2.06. The van der Waals surface area contributed by atoms with E-state index in [4.69, 9.17) is 20.9 Å². The third-order valence-corrected chi connectivity index (χ3v) is 3.76. The number of benzene rings is 2. The first-order chi connectivity index (χ1) is 12.2. The summed E-state index contributed by atoms with van der Waals surface area (Å²) in [6.45, 7) is 0.447. The van der Waals surface area contributed by atoms with Crippen molar-refractivity contribution in [3.8, 4) is 17.1 Å². The Morgan fingerprint density at radius 2 is 1.88 bits per heavy atom. The van der Waals surface area contributed by atoms with Gasteiger partial charge in [-0.05, 0) is 36.4 Å². The molecule has 0 saturated carbocycles. The van der Waals surface area contributed by atoms with Crippen LogP contribution in [0.1, 0.15) is 5.69 Å². The average Bonchev–Trinajstić information content (AvgIpc) is 3.10. The number of carbonyl (C=O) groups excluding carboxylic acids is 1. The van der Waals surface area contributed by atoms with Gasteiger partial charge in [-0.15, -0.1) is 0 Å². The van der Waals surface area contributed by atoms with Crippen LogP contribution in [0, 0.1) is 0 Å². The van der Waals surface area contributed by atoms with Crippen LogP contribution in [0.3, 0.4) is 0 Å². The lowest BCUT2D eigenvalue weighted by Crippen LogP contribution is -2.30. The molecule has 6 heteroatoms. The summed E-state index contributed by atoms with van der Waals surface area (Å²) in [5, 5.41) is 7.48. The molecule has 0 atom stereocenters. The molecule has 1 N–H and O–H groups in total. The fourth-order valence-corrected chi connectivity index (χ4v) is 2.35. The SMILES string of the molecule is O=C(COc1ccccc1)NCCc1cc(-c2ccc(Cl)cc2)on1. The van der Waals surface area contributed by atoms with E-state index in [9.17, 15) is 4.79 Å². The van der Waals surface area contributed by atoms with Crippen molar-refractivity contribution in [1.29, 1.82) is 0 Å². The molecule has 0 unspecified atom stereocenters. The number of nitrogens with zero attached hydrogens (tertiary/aromatic N) is 1. The molecule has 25 heavy (non-hydrogen) atoms. The zero-order chi connectivity index (χ0) is 17.5. The van der Waals surface area contributed by atoms with Gasteiger partial charge in [-0.1, -0.05) is 35.0 Å². The molecule has 1 amide bonds. The minimum atomic E-state index is -0.176. The van der Waals surface area contributed by atoms with Gasteiger partial charge in [-0.25, -0.2) is 0 Å². The van der Waals surface area contributed by atoms with E-state index in [1.807, 2.05) is 36.4 Å². The molecule has 0 aliphatic rings. The molecule has 2 aromatic carbocycles. The van der Waals surface area contributed by atoms with Gasteiger partial charge in [0.15, 0.2) is 12.4 Å². The fourth-order valence-electron chi connectivity index (χ4n) is 2.23. The predicted molar refractivity (Wildman–Crippen MR) is 95.6 cm³/mol. The van der Waals surface area contributed by atoms with Gasteiger partial charge >= 0.3 is 0 Å². The highest BCUT2D eigenvalue weighted by Gasteiger charge is 2.08. The Morgan fingerprint density at radius 1 is 1.12 bits per heavy atom. The van der Waals surface area contributed by atoms with Crippen LogP contribution in [0.5, 0.6) is 5.75 Å². The molecule has 1 heterocycles. The first-order valence-electron chi connectivity index (χ1n) is 7.87. The van der Waals surface area contributed by atoms with Crippen molar-refractivity contribution in [3.05, 3.63) is 71.4 Å². The molecule has 0 spiro atoms. The highest BCUT2D eigenvalue weighted by Crippen LogP contribution is 2.22. The zero-order valence-electron chi connectivity index (χ0n) is 13.4. The van der Waals surface area contributed by atoms with Crippen LogP contribution in [-0.4, -0.2) is 24.2 Å². The van der Waals surface area contributed by atoms with Crippen LogP contribution >= 0.6 is 11.6 Å². The van der Waals surface area contributed by atoms with Gasteiger partial charge in [0.1, 0.15) is 5.75 Å². The normalized spacial score (nSPS) is 10.4. The van der Waals surface area contributed by atoms with Crippen molar-refractivity contribution in [2.24, 2.45) is 0 Å². The molecule has 128 valence electrons. The van der Waals surface area contributed by atoms with Crippen molar-refractivity contribution < 1.29 is 14.1 Å². The van der Waals surface area contributed by atoms with Gasteiger partial charge in [0.05, 0.1) is 5.69 Å². The van der Waals surface area contributed by atoms with Gasteiger partial charge in [0.2, 0.25) is 0 Å². The minimum Gasteiger partial charge on any atom is -0.484 e. The number of aromatic nitrogens is 1. The van der Waals surface area contributed by atoms with Gasteiger partial charge in [0.25, 0.3) is 5.91 Å². The molecular weight excluding hydrogens is 340 g/mol. The number of ether oxygens (including phenoxy) is 1. The zero-order valence-corrected chi connectivity index (χ0v) is 14.2. The van der Waals surface area contributed by atoms with E-state index < -0.39 is 0 Å². The Labute approximate surface area is 150 Å². The van der Waals surface area contributed by atoms with E-state index in [1.165, 1.54) is 0 Å². The molecule has 3 aromatic rings. The van der Waals surface area contributed by atoms with Gasteiger partial charge in [0, 0.05) is 29.6 Å². The lowest BCUT2D eigenvalue weighted by molar-refractivity contribution is -0.123. The van der Waals surface area contributed by atoms with E-state index in [1.54, 1.807) is 24.3 Å². The molecule has 0 aliphatic carbocycles. The maximum atomic E-state index is 11.8. The van der Waals surface area contributed by atoms with Crippen LogP contribution in [0.2, 0.25) is 5.02 Å². The number of amides is 1.